The molecule has 2 amide bonds. The molecule has 5 rings (SSSR count). The van der Waals surface area contributed by atoms with E-state index in [-0.39, 0.29) is 11.8 Å². The maximum Gasteiger partial charge on any atom is 0.272 e. The molecule has 2 aromatic heterocycles. The molecule has 0 unspecified atom stereocenters. The Morgan fingerprint density at radius 3 is 2.76 bits per heavy atom. The summed E-state index contributed by atoms with van der Waals surface area (Å²) in [5.41, 5.74) is 2.26. The van der Waals surface area contributed by atoms with Gasteiger partial charge in [-0.25, -0.2) is 9.97 Å². The van der Waals surface area contributed by atoms with Crippen LogP contribution >= 0.6 is 11.8 Å². The largest absolute Gasteiger partial charge is 0.357 e. The molecule has 1 N–H and O–H groups in total. The predicted molar refractivity (Wildman–Crippen MR) is 129 cm³/mol. The maximum absolute atomic E-state index is 13.2. The number of rotatable bonds is 5. The van der Waals surface area contributed by atoms with Gasteiger partial charge in [0.15, 0.2) is 0 Å². The lowest BCUT2D eigenvalue weighted by molar-refractivity contribution is -0.119. The Bertz CT molecular complexity index is 1160. The first-order valence-electron chi connectivity index (χ1n) is 11.1. The number of aromatic nitrogens is 3. The Hall–Kier alpha value is -3.33. The summed E-state index contributed by atoms with van der Waals surface area (Å²) < 4.78 is 1.86. The van der Waals surface area contributed by atoms with Crippen molar-refractivity contribution in [3.63, 3.8) is 0 Å². The molecule has 0 spiro atoms. The van der Waals surface area contributed by atoms with Gasteiger partial charge in [0.05, 0.1) is 12.0 Å². The number of nitrogens with zero attached hydrogens (tertiary/aromatic N) is 5. The highest BCUT2D eigenvalue weighted by molar-refractivity contribution is 7.99. The summed E-state index contributed by atoms with van der Waals surface area (Å²) >= 11 is 1.54. The average molecular weight is 463 g/mol. The molecule has 1 aromatic carbocycles. The van der Waals surface area contributed by atoms with Crippen molar-refractivity contribution in [2.24, 2.45) is 0 Å². The second-order valence-corrected chi connectivity index (χ2v) is 9.42. The minimum atomic E-state index is -0.644. The summed E-state index contributed by atoms with van der Waals surface area (Å²) in [6, 6.07) is 11.3. The third-order valence-corrected chi connectivity index (χ3v) is 7.16. The summed E-state index contributed by atoms with van der Waals surface area (Å²) in [5.74, 6) is 0.850. The Morgan fingerprint density at radius 2 is 1.97 bits per heavy atom. The van der Waals surface area contributed by atoms with Gasteiger partial charge in [-0.1, -0.05) is 30.3 Å². The van der Waals surface area contributed by atoms with Crippen LogP contribution in [-0.4, -0.2) is 58.3 Å². The van der Waals surface area contributed by atoms with Crippen LogP contribution in [0.5, 0.6) is 0 Å². The number of carbonyl (C=O) groups is 2. The van der Waals surface area contributed by atoms with Crippen molar-refractivity contribution in [1.29, 1.82) is 0 Å². The third kappa shape index (κ3) is 4.59. The van der Waals surface area contributed by atoms with Crippen molar-refractivity contribution in [3.8, 4) is 0 Å². The minimum absolute atomic E-state index is 0.142. The summed E-state index contributed by atoms with van der Waals surface area (Å²) in [6.07, 6.45) is 7.52. The zero-order valence-corrected chi connectivity index (χ0v) is 19.3. The molecule has 33 heavy (non-hydrogen) atoms. The van der Waals surface area contributed by atoms with Gasteiger partial charge in [-0.15, -0.1) is 11.8 Å². The highest BCUT2D eigenvalue weighted by Crippen LogP contribution is 2.36. The van der Waals surface area contributed by atoms with Crippen LogP contribution in [0, 0.1) is 0 Å². The second kappa shape index (κ2) is 9.27. The molecule has 0 radical (unpaired) electrons. The fourth-order valence-electron chi connectivity index (χ4n) is 4.20. The summed E-state index contributed by atoms with van der Waals surface area (Å²) in [7, 11) is 1.76. The smallest absolute Gasteiger partial charge is 0.272 e. The quantitative estimate of drug-likeness (QED) is 0.628. The SMILES string of the molecule is CN1C(=O)[C@@H](NC(=O)c2cn(Cc3ccccc3)cn2)CSc2cnc(N3CCCC3)cc21. The van der Waals surface area contributed by atoms with Crippen LogP contribution < -0.4 is 15.1 Å². The Balaban J connectivity index is 1.27. The molecule has 0 aliphatic carbocycles. The zero-order chi connectivity index (χ0) is 22.8. The van der Waals surface area contributed by atoms with Crippen LogP contribution in [0.1, 0.15) is 28.9 Å². The van der Waals surface area contributed by atoms with E-state index in [4.69, 9.17) is 0 Å². The van der Waals surface area contributed by atoms with Gasteiger partial charge in [0.2, 0.25) is 5.91 Å². The molecule has 0 saturated carbocycles. The number of hydrogen-bond donors (Lipinski definition) is 1. The van der Waals surface area contributed by atoms with Crippen molar-refractivity contribution in [2.45, 2.75) is 30.3 Å². The normalized spacial score (nSPS) is 18.2. The number of amides is 2. The number of fused-ring (bicyclic) bond motifs is 1. The topological polar surface area (TPSA) is 83.4 Å². The van der Waals surface area contributed by atoms with Gasteiger partial charge in [0, 0.05) is 55.8 Å². The van der Waals surface area contributed by atoms with Gasteiger partial charge >= 0.3 is 0 Å². The van der Waals surface area contributed by atoms with Crippen molar-refractivity contribution in [3.05, 3.63) is 66.4 Å². The van der Waals surface area contributed by atoms with E-state index >= 15 is 0 Å². The Kier molecular flexibility index (Phi) is 6.04. The van der Waals surface area contributed by atoms with E-state index in [9.17, 15) is 9.59 Å². The van der Waals surface area contributed by atoms with Crippen molar-refractivity contribution in [2.75, 3.05) is 35.7 Å². The molecule has 0 bridgehead atoms. The number of likely N-dealkylation sites (N-methyl/N-ethyl adjacent to an activating group) is 1. The lowest BCUT2D eigenvalue weighted by Crippen LogP contribution is -2.48. The van der Waals surface area contributed by atoms with Crippen LogP contribution in [0.4, 0.5) is 11.5 Å². The minimum Gasteiger partial charge on any atom is -0.357 e. The van der Waals surface area contributed by atoms with E-state index < -0.39 is 6.04 Å². The molecular weight excluding hydrogens is 436 g/mol. The molecule has 8 nitrogen and oxygen atoms in total. The van der Waals surface area contributed by atoms with Gasteiger partial charge in [-0.3, -0.25) is 9.59 Å². The standard InChI is InChI=1S/C24H26N6O2S/c1-28-20-11-22(30-9-5-6-10-30)25-12-21(20)33-15-19(24(28)32)27-23(31)18-14-29(16-26-18)13-17-7-3-2-4-8-17/h2-4,7-8,11-12,14,16,19H,5-6,9-10,13,15H2,1H3,(H,27,31)/t19-/m0/s1. The van der Waals surface area contributed by atoms with Crippen LogP contribution in [0.15, 0.2) is 60.0 Å². The molecule has 1 saturated heterocycles. The summed E-state index contributed by atoms with van der Waals surface area (Å²) in [4.78, 5) is 39.7. The number of anilines is 2. The number of benzene rings is 1. The lowest BCUT2D eigenvalue weighted by atomic mass is 10.2. The zero-order valence-electron chi connectivity index (χ0n) is 18.5. The molecular formula is C24H26N6O2S. The van der Waals surface area contributed by atoms with Gasteiger partial charge in [-0.2, -0.15) is 0 Å². The van der Waals surface area contributed by atoms with Crippen molar-refractivity contribution < 1.29 is 9.59 Å². The first-order valence-corrected chi connectivity index (χ1v) is 12.1. The van der Waals surface area contributed by atoms with Crippen LogP contribution in [-0.2, 0) is 11.3 Å². The average Bonchev–Trinajstić information content (AvgIpc) is 3.52. The monoisotopic (exact) mass is 462 g/mol. The Labute approximate surface area is 197 Å². The number of carbonyl (C=O) groups excluding carboxylic acids is 2. The van der Waals surface area contributed by atoms with E-state index in [1.807, 2.05) is 47.2 Å². The Morgan fingerprint density at radius 1 is 1.18 bits per heavy atom. The highest BCUT2D eigenvalue weighted by atomic mass is 32.2. The number of hydrogen-bond acceptors (Lipinski definition) is 6. The third-order valence-electron chi connectivity index (χ3n) is 6.04. The van der Waals surface area contributed by atoms with E-state index in [0.29, 0.717) is 18.0 Å². The van der Waals surface area contributed by atoms with Crippen LogP contribution in [0.25, 0.3) is 0 Å². The fourth-order valence-corrected chi connectivity index (χ4v) is 5.25. The van der Waals surface area contributed by atoms with Gasteiger partial charge in [0.25, 0.3) is 5.91 Å². The van der Waals surface area contributed by atoms with E-state index in [1.54, 1.807) is 24.5 Å². The predicted octanol–water partition coefficient (Wildman–Crippen LogP) is 2.79. The van der Waals surface area contributed by atoms with Crippen molar-refractivity contribution >= 4 is 35.1 Å². The van der Waals surface area contributed by atoms with E-state index in [0.717, 1.165) is 47.9 Å². The van der Waals surface area contributed by atoms with Gasteiger partial charge < -0.3 is 19.7 Å². The fraction of sp³-hybridized carbons (Fsp3) is 0.333. The number of pyridine rings is 1. The molecule has 2 aliphatic heterocycles. The number of thioether (sulfide) groups is 1. The second-order valence-electron chi connectivity index (χ2n) is 8.36. The number of nitrogens with one attached hydrogen (secondary N) is 1. The highest BCUT2D eigenvalue weighted by Gasteiger charge is 2.31. The summed E-state index contributed by atoms with van der Waals surface area (Å²) in [5, 5.41) is 2.88. The van der Waals surface area contributed by atoms with Crippen molar-refractivity contribution in [1.82, 2.24) is 19.9 Å². The molecule has 1 atom stereocenters. The number of imidazole rings is 1. The van der Waals surface area contributed by atoms with E-state index in [1.165, 1.54) is 11.8 Å². The molecule has 1 fully saturated rings. The van der Waals surface area contributed by atoms with Gasteiger partial charge in [-0.05, 0) is 18.4 Å². The van der Waals surface area contributed by atoms with Crippen LogP contribution in [0.2, 0.25) is 0 Å². The maximum atomic E-state index is 13.2. The first-order chi connectivity index (χ1) is 16.1. The molecule has 2 aliphatic rings. The summed E-state index contributed by atoms with van der Waals surface area (Å²) in [6.45, 7) is 2.61. The van der Waals surface area contributed by atoms with Crippen LogP contribution in [0.3, 0.4) is 0 Å². The molecule has 3 aromatic rings. The molecule has 170 valence electrons. The molecule has 4 heterocycles. The van der Waals surface area contributed by atoms with E-state index in [2.05, 4.69) is 20.2 Å². The van der Waals surface area contributed by atoms with Gasteiger partial charge in [0.1, 0.15) is 17.6 Å². The molecule has 9 heteroatoms. The first kappa shape index (κ1) is 21.5. The lowest BCUT2D eigenvalue weighted by Gasteiger charge is -2.23.